The Morgan fingerprint density at radius 2 is 1.97 bits per heavy atom. The van der Waals surface area contributed by atoms with Crippen molar-refractivity contribution in [3.05, 3.63) is 63.9 Å². The summed E-state index contributed by atoms with van der Waals surface area (Å²) in [5.74, 6) is -0.129. The molecule has 4 rings (SSSR count). The monoisotopic (exact) mass is 444 g/mol. The molecule has 1 amide bonds. The van der Waals surface area contributed by atoms with Crippen molar-refractivity contribution in [2.45, 2.75) is 25.3 Å². The molecule has 1 aromatic carbocycles. The van der Waals surface area contributed by atoms with Crippen molar-refractivity contribution in [2.24, 2.45) is 0 Å². The van der Waals surface area contributed by atoms with Crippen molar-refractivity contribution in [1.82, 2.24) is 19.7 Å². The van der Waals surface area contributed by atoms with E-state index in [0.29, 0.717) is 23.7 Å². The maximum atomic E-state index is 13.2. The summed E-state index contributed by atoms with van der Waals surface area (Å²) >= 11 is 5.93. The molecule has 0 bridgehead atoms. The van der Waals surface area contributed by atoms with E-state index >= 15 is 0 Å². The Hall–Kier alpha value is -2.03. The van der Waals surface area contributed by atoms with Gasteiger partial charge in [0.25, 0.3) is 5.91 Å². The van der Waals surface area contributed by atoms with Crippen LogP contribution in [0, 0.1) is 0 Å². The largest absolute Gasteiger partial charge is 0.384 e. The summed E-state index contributed by atoms with van der Waals surface area (Å²) in [4.78, 5) is 23.7. The molecule has 1 fully saturated rings. The number of benzene rings is 1. The van der Waals surface area contributed by atoms with Crippen LogP contribution >= 0.6 is 11.6 Å². The summed E-state index contributed by atoms with van der Waals surface area (Å²) in [6.45, 7) is 6.48. The van der Waals surface area contributed by atoms with E-state index in [0.717, 1.165) is 43.0 Å². The molecular formula is C23H29ClN4O3. The first-order chi connectivity index (χ1) is 14.8. The van der Waals surface area contributed by atoms with Gasteiger partial charge in [-0.05, 0) is 37.7 Å². The number of β-amino-alcohol motifs (C(OH)–C–C–N with tert-alkyl or cyclic N) is 1. The number of hydrogen-bond donors (Lipinski definition) is 1. The normalized spacial score (nSPS) is 21.9. The lowest BCUT2D eigenvalue weighted by Gasteiger charge is -2.37. The van der Waals surface area contributed by atoms with E-state index in [1.807, 2.05) is 25.1 Å². The zero-order chi connectivity index (χ0) is 22.2. The number of methoxy groups -OCH3 is 1. The van der Waals surface area contributed by atoms with E-state index in [2.05, 4.69) is 21.8 Å². The zero-order valence-corrected chi connectivity index (χ0v) is 19.0. The molecule has 1 N–H and O–H groups in total. The van der Waals surface area contributed by atoms with Gasteiger partial charge in [-0.1, -0.05) is 23.7 Å². The van der Waals surface area contributed by atoms with E-state index in [4.69, 9.17) is 16.3 Å². The average Bonchev–Trinajstić information content (AvgIpc) is 3.02. The molecule has 2 aliphatic heterocycles. The number of fused-ring (bicyclic) bond motifs is 1. The average molecular weight is 445 g/mol. The molecular weight excluding hydrogens is 416 g/mol. The molecule has 1 saturated heterocycles. The fourth-order valence-electron chi connectivity index (χ4n) is 4.34. The third-order valence-electron chi connectivity index (χ3n) is 6.19. The summed E-state index contributed by atoms with van der Waals surface area (Å²) in [6.07, 6.45) is 1.08. The highest BCUT2D eigenvalue weighted by Gasteiger charge is 2.39. The van der Waals surface area contributed by atoms with Crippen LogP contribution < -0.4 is 0 Å². The number of likely N-dealkylation sites (N-methyl/N-ethyl adjacent to an activating group) is 1. The third kappa shape index (κ3) is 4.61. The minimum Gasteiger partial charge on any atom is -0.384 e. The Kier molecular flexibility index (Phi) is 6.32. The Labute approximate surface area is 188 Å². The Balaban J connectivity index is 1.55. The fourth-order valence-corrected chi connectivity index (χ4v) is 4.45. The molecule has 0 radical (unpaired) electrons. The molecule has 166 valence electrons. The van der Waals surface area contributed by atoms with Gasteiger partial charge < -0.3 is 19.6 Å². The van der Waals surface area contributed by atoms with Crippen molar-refractivity contribution in [3.8, 4) is 0 Å². The van der Waals surface area contributed by atoms with Crippen LogP contribution in [0.15, 0.2) is 36.5 Å². The van der Waals surface area contributed by atoms with Crippen LogP contribution in [0.2, 0.25) is 5.02 Å². The quantitative estimate of drug-likeness (QED) is 0.738. The topological polar surface area (TPSA) is 69.1 Å². The maximum Gasteiger partial charge on any atom is 0.256 e. The number of hydrogen-bond acceptors (Lipinski definition) is 6. The minimum absolute atomic E-state index is 0.129. The number of aromatic nitrogens is 1. The van der Waals surface area contributed by atoms with Gasteiger partial charge in [0, 0.05) is 57.2 Å². The lowest BCUT2D eigenvalue weighted by Crippen LogP contribution is -2.49. The van der Waals surface area contributed by atoms with Gasteiger partial charge in [-0.3, -0.25) is 14.7 Å². The molecule has 3 heterocycles. The van der Waals surface area contributed by atoms with Crippen molar-refractivity contribution in [1.29, 1.82) is 0 Å². The summed E-state index contributed by atoms with van der Waals surface area (Å²) in [5.41, 5.74) is 1.78. The van der Waals surface area contributed by atoms with E-state index < -0.39 is 11.8 Å². The van der Waals surface area contributed by atoms with Crippen LogP contribution in [0.4, 0.5) is 0 Å². The zero-order valence-electron chi connectivity index (χ0n) is 18.2. The van der Waals surface area contributed by atoms with Gasteiger partial charge in [-0.2, -0.15) is 0 Å². The molecule has 2 atom stereocenters. The number of rotatable bonds is 6. The highest BCUT2D eigenvalue weighted by Crippen LogP contribution is 2.37. The predicted molar refractivity (Wildman–Crippen MR) is 119 cm³/mol. The van der Waals surface area contributed by atoms with Crippen LogP contribution in [0.5, 0.6) is 0 Å². The number of carbonyl (C=O) groups is 1. The first-order valence-electron chi connectivity index (χ1n) is 10.5. The Bertz CT molecular complexity index is 942. The predicted octanol–water partition coefficient (Wildman–Crippen LogP) is 2.49. The van der Waals surface area contributed by atoms with Gasteiger partial charge in [-0.15, -0.1) is 0 Å². The summed E-state index contributed by atoms with van der Waals surface area (Å²) in [5, 5.41) is 11.8. The van der Waals surface area contributed by atoms with Gasteiger partial charge in [0.2, 0.25) is 0 Å². The highest BCUT2D eigenvalue weighted by atomic mass is 35.5. The highest BCUT2D eigenvalue weighted by molar-refractivity contribution is 6.30. The van der Waals surface area contributed by atoms with Crippen LogP contribution in [-0.4, -0.2) is 77.6 Å². The van der Waals surface area contributed by atoms with Crippen molar-refractivity contribution < 1.29 is 14.6 Å². The van der Waals surface area contributed by atoms with Crippen LogP contribution in [0.3, 0.4) is 0 Å². The standard InChI is InChI=1S/C23H29ClN4O3/c1-23(30,15-27-10-8-26(2)9-11-27)16-4-7-19-20(12-16)21(29)28(22(19)31-3)14-18-6-5-17(24)13-25-18/h4-7,12-13,22,30H,8-11,14-15H2,1-3H3. The second kappa shape index (κ2) is 8.84. The molecule has 2 unspecified atom stereocenters. The second-order valence-corrected chi connectivity index (χ2v) is 9.08. The van der Waals surface area contributed by atoms with E-state index in [9.17, 15) is 9.90 Å². The number of aliphatic hydroxyl groups is 1. The first kappa shape index (κ1) is 22.2. The number of carbonyl (C=O) groups excluding carboxylic acids is 1. The summed E-state index contributed by atoms with van der Waals surface area (Å²) in [7, 11) is 3.70. The van der Waals surface area contributed by atoms with Crippen LogP contribution in [0.25, 0.3) is 0 Å². The SMILES string of the molecule is COC1c2ccc(C(C)(O)CN3CCN(C)CC3)cc2C(=O)N1Cc1ccc(Cl)cn1. The number of nitrogens with zero attached hydrogens (tertiary/aromatic N) is 4. The van der Waals surface area contributed by atoms with Gasteiger partial charge in [0.15, 0.2) is 6.23 Å². The van der Waals surface area contributed by atoms with Crippen molar-refractivity contribution in [3.63, 3.8) is 0 Å². The fraction of sp³-hybridized carbons (Fsp3) is 0.478. The Morgan fingerprint density at radius 1 is 1.23 bits per heavy atom. The summed E-state index contributed by atoms with van der Waals surface area (Å²) < 4.78 is 5.65. The van der Waals surface area contributed by atoms with Gasteiger partial charge >= 0.3 is 0 Å². The molecule has 7 nitrogen and oxygen atoms in total. The van der Waals surface area contributed by atoms with E-state index in [-0.39, 0.29) is 5.91 Å². The molecule has 2 aliphatic rings. The molecule has 2 aromatic rings. The minimum atomic E-state index is -1.06. The van der Waals surface area contributed by atoms with Gasteiger partial charge in [-0.25, -0.2) is 0 Å². The van der Waals surface area contributed by atoms with Crippen LogP contribution in [-0.2, 0) is 16.9 Å². The summed E-state index contributed by atoms with van der Waals surface area (Å²) in [6, 6.07) is 9.17. The number of halogens is 1. The Morgan fingerprint density at radius 3 is 2.61 bits per heavy atom. The number of amides is 1. The number of ether oxygens (including phenoxy) is 1. The molecule has 0 saturated carbocycles. The molecule has 31 heavy (non-hydrogen) atoms. The second-order valence-electron chi connectivity index (χ2n) is 8.64. The third-order valence-corrected chi connectivity index (χ3v) is 6.41. The smallest absolute Gasteiger partial charge is 0.256 e. The maximum absolute atomic E-state index is 13.2. The number of pyridine rings is 1. The lowest BCUT2D eigenvalue weighted by atomic mass is 9.92. The van der Waals surface area contributed by atoms with E-state index in [1.165, 1.54) is 0 Å². The molecule has 0 spiro atoms. The van der Waals surface area contributed by atoms with Crippen molar-refractivity contribution in [2.75, 3.05) is 46.9 Å². The van der Waals surface area contributed by atoms with Crippen LogP contribution in [0.1, 0.15) is 40.3 Å². The van der Waals surface area contributed by atoms with Crippen molar-refractivity contribution >= 4 is 17.5 Å². The molecule has 1 aromatic heterocycles. The molecule has 8 heteroatoms. The van der Waals surface area contributed by atoms with Gasteiger partial charge in [0.05, 0.1) is 22.9 Å². The lowest BCUT2D eigenvalue weighted by molar-refractivity contribution is -0.0167. The van der Waals surface area contributed by atoms with E-state index in [1.54, 1.807) is 30.3 Å². The van der Waals surface area contributed by atoms with Gasteiger partial charge in [0.1, 0.15) is 0 Å². The number of piperazine rings is 1. The molecule has 0 aliphatic carbocycles. The first-order valence-corrected chi connectivity index (χ1v) is 10.9.